The number of anilines is 1. The maximum Gasteiger partial charge on any atom is 0.247 e. The molecule has 118 valence electrons. The van der Waals surface area contributed by atoms with Crippen LogP contribution in [0.1, 0.15) is 19.9 Å². The lowest BCUT2D eigenvalue weighted by molar-refractivity contribution is -0.120. The van der Waals surface area contributed by atoms with Gasteiger partial charge in [0.05, 0.1) is 0 Å². The van der Waals surface area contributed by atoms with Crippen LogP contribution in [0.15, 0.2) is 55.1 Å². The van der Waals surface area contributed by atoms with Crippen LogP contribution in [0.3, 0.4) is 0 Å². The number of aromatic amines is 1. The minimum Gasteiger partial charge on any atom is -0.342 e. The molecule has 0 bridgehead atoms. The summed E-state index contributed by atoms with van der Waals surface area (Å²) < 4.78 is 1.93. The summed E-state index contributed by atoms with van der Waals surface area (Å²) in [6.07, 6.45) is 5.28. The molecule has 2 heterocycles. The zero-order valence-corrected chi connectivity index (χ0v) is 13.1. The van der Waals surface area contributed by atoms with E-state index in [1.165, 1.54) is 6.33 Å². The maximum absolute atomic E-state index is 12.7. The Kier molecular flexibility index (Phi) is 4.23. The number of hydrogen-bond donors (Lipinski definition) is 2. The van der Waals surface area contributed by atoms with Gasteiger partial charge in [-0.3, -0.25) is 9.89 Å². The average molecular weight is 309 g/mol. The number of amides is 1. The molecule has 2 aromatic heterocycles. The Labute approximate surface area is 134 Å². The van der Waals surface area contributed by atoms with E-state index in [0.717, 1.165) is 11.3 Å². The Morgan fingerprint density at radius 2 is 2.00 bits per heavy atom. The Morgan fingerprint density at radius 1 is 1.22 bits per heavy atom. The van der Waals surface area contributed by atoms with Crippen molar-refractivity contribution in [2.45, 2.75) is 19.9 Å². The molecule has 0 saturated carbocycles. The number of rotatable bonds is 5. The van der Waals surface area contributed by atoms with Gasteiger partial charge in [0.25, 0.3) is 0 Å². The van der Waals surface area contributed by atoms with Crippen molar-refractivity contribution < 1.29 is 4.79 Å². The summed E-state index contributed by atoms with van der Waals surface area (Å²) in [7, 11) is 0. The van der Waals surface area contributed by atoms with E-state index in [9.17, 15) is 4.79 Å². The highest BCUT2D eigenvalue weighted by Gasteiger charge is 2.23. The Bertz CT molecular complexity index is 762. The topological polar surface area (TPSA) is 75.6 Å². The highest BCUT2D eigenvalue weighted by molar-refractivity contribution is 5.94. The van der Waals surface area contributed by atoms with E-state index < -0.39 is 0 Å². The van der Waals surface area contributed by atoms with Gasteiger partial charge in [-0.05, 0) is 30.2 Å². The highest BCUT2D eigenvalue weighted by Crippen LogP contribution is 2.23. The van der Waals surface area contributed by atoms with Crippen LogP contribution in [0.4, 0.5) is 5.69 Å². The van der Waals surface area contributed by atoms with Gasteiger partial charge in [-0.2, -0.15) is 5.10 Å². The molecule has 0 aliphatic heterocycles. The molecular weight excluding hydrogens is 290 g/mol. The fourth-order valence-corrected chi connectivity index (χ4v) is 2.62. The molecule has 0 aliphatic rings. The molecule has 2 N–H and O–H groups in total. The lowest BCUT2D eigenvalue weighted by atomic mass is 10.0. The molecule has 1 amide bonds. The molecule has 23 heavy (non-hydrogen) atoms. The second-order valence-electron chi connectivity index (χ2n) is 5.72. The Hall–Kier alpha value is -2.89. The second kappa shape index (κ2) is 6.48. The smallest absolute Gasteiger partial charge is 0.247 e. The van der Waals surface area contributed by atoms with Gasteiger partial charge in [0.1, 0.15) is 12.4 Å². The van der Waals surface area contributed by atoms with E-state index in [-0.39, 0.29) is 17.9 Å². The Morgan fingerprint density at radius 3 is 2.65 bits per heavy atom. The Balaban J connectivity index is 1.81. The number of nitrogens with one attached hydrogen (secondary N) is 2. The first-order chi connectivity index (χ1) is 11.1. The summed E-state index contributed by atoms with van der Waals surface area (Å²) in [5, 5.41) is 9.66. The van der Waals surface area contributed by atoms with E-state index in [0.29, 0.717) is 5.82 Å². The average Bonchev–Trinajstić information content (AvgIpc) is 3.21. The number of H-pyrrole nitrogens is 1. The zero-order chi connectivity index (χ0) is 16.2. The fraction of sp³-hybridized carbons (Fsp3) is 0.235. The van der Waals surface area contributed by atoms with Crippen molar-refractivity contribution in [3.63, 3.8) is 0 Å². The van der Waals surface area contributed by atoms with Crippen LogP contribution >= 0.6 is 0 Å². The summed E-state index contributed by atoms with van der Waals surface area (Å²) in [6.45, 7) is 4.07. The first-order valence-corrected chi connectivity index (χ1v) is 7.54. The first kappa shape index (κ1) is 15.0. The summed E-state index contributed by atoms with van der Waals surface area (Å²) >= 11 is 0. The largest absolute Gasteiger partial charge is 0.342 e. The molecule has 1 unspecified atom stereocenters. The quantitative estimate of drug-likeness (QED) is 0.760. The molecule has 0 fully saturated rings. The summed E-state index contributed by atoms with van der Waals surface area (Å²) in [5.74, 6) is 0.817. The third-order valence-electron chi connectivity index (χ3n) is 3.67. The summed E-state index contributed by atoms with van der Waals surface area (Å²) in [6, 6.07) is 11.1. The van der Waals surface area contributed by atoms with Gasteiger partial charge < -0.3 is 9.88 Å². The molecule has 0 spiro atoms. The van der Waals surface area contributed by atoms with Crippen molar-refractivity contribution >= 4 is 11.6 Å². The van der Waals surface area contributed by atoms with E-state index >= 15 is 0 Å². The molecule has 3 aromatic rings. The van der Waals surface area contributed by atoms with Gasteiger partial charge in [-0.15, -0.1) is 0 Å². The van der Waals surface area contributed by atoms with Crippen LogP contribution < -0.4 is 5.32 Å². The van der Waals surface area contributed by atoms with Gasteiger partial charge >= 0.3 is 0 Å². The normalized spacial score (nSPS) is 12.3. The van der Waals surface area contributed by atoms with Crippen LogP contribution in [0.5, 0.6) is 0 Å². The maximum atomic E-state index is 12.7. The molecule has 1 atom stereocenters. The highest BCUT2D eigenvalue weighted by atomic mass is 16.2. The van der Waals surface area contributed by atoms with Crippen molar-refractivity contribution in [3.8, 4) is 11.4 Å². The van der Waals surface area contributed by atoms with Gasteiger partial charge in [0.2, 0.25) is 5.91 Å². The summed E-state index contributed by atoms with van der Waals surface area (Å²) in [4.78, 5) is 16.8. The fourth-order valence-electron chi connectivity index (χ4n) is 2.62. The molecule has 3 rings (SSSR count). The number of carbonyl (C=O) groups is 1. The van der Waals surface area contributed by atoms with Gasteiger partial charge in [-0.1, -0.05) is 26.0 Å². The number of hydrogen-bond acceptors (Lipinski definition) is 3. The van der Waals surface area contributed by atoms with Gasteiger partial charge in [0, 0.05) is 23.6 Å². The SMILES string of the molecule is CC(C)C(C(=O)Nc1cccc(-c2ncn[nH]2)c1)n1cccc1. The van der Waals surface area contributed by atoms with E-state index in [1.807, 2.05) is 67.2 Å². The molecule has 0 saturated heterocycles. The summed E-state index contributed by atoms with van der Waals surface area (Å²) in [5.41, 5.74) is 1.61. The molecule has 0 aliphatic carbocycles. The number of nitrogens with zero attached hydrogens (tertiary/aromatic N) is 3. The third-order valence-corrected chi connectivity index (χ3v) is 3.67. The minimum atomic E-state index is -0.251. The lowest BCUT2D eigenvalue weighted by Gasteiger charge is -2.22. The number of carbonyl (C=O) groups excluding carboxylic acids is 1. The third kappa shape index (κ3) is 3.31. The minimum absolute atomic E-state index is 0.0362. The standard InChI is InChI=1S/C17H19N5O/c1-12(2)15(22-8-3-4-9-22)17(23)20-14-7-5-6-13(10-14)16-18-11-19-21-16/h3-12,15H,1-2H3,(H,20,23)(H,18,19,21). The first-order valence-electron chi connectivity index (χ1n) is 7.54. The van der Waals surface area contributed by atoms with Crippen molar-refractivity contribution in [1.82, 2.24) is 19.7 Å². The predicted octanol–water partition coefficient (Wildman–Crippen LogP) is 3.11. The van der Waals surface area contributed by atoms with Crippen LogP contribution in [0, 0.1) is 5.92 Å². The van der Waals surface area contributed by atoms with Crippen molar-refractivity contribution in [1.29, 1.82) is 0 Å². The van der Waals surface area contributed by atoms with Crippen molar-refractivity contribution in [2.24, 2.45) is 5.92 Å². The van der Waals surface area contributed by atoms with Crippen LogP contribution in [0.25, 0.3) is 11.4 Å². The monoisotopic (exact) mass is 309 g/mol. The van der Waals surface area contributed by atoms with E-state index in [2.05, 4.69) is 20.5 Å². The van der Waals surface area contributed by atoms with Crippen molar-refractivity contribution in [3.05, 3.63) is 55.1 Å². The van der Waals surface area contributed by atoms with Crippen LogP contribution in [0.2, 0.25) is 0 Å². The van der Waals surface area contributed by atoms with Gasteiger partial charge in [0.15, 0.2) is 5.82 Å². The number of benzene rings is 1. The predicted molar refractivity (Wildman–Crippen MR) is 88.8 cm³/mol. The zero-order valence-electron chi connectivity index (χ0n) is 13.1. The van der Waals surface area contributed by atoms with E-state index in [1.54, 1.807) is 0 Å². The lowest BCUT2D eigenvalue weighted by Crippen LogP contribution is -2.29. The molecule has 0 radical (unpaired) electrons. The molecule has 6 heteroatoms. The molecule has 6 nitrogen and oxygen atoms in total. The van der Waals surface area contributed by atoms with Gasteiger partial charge in [-0.25, -0.2) is 4.98 Å². The van der Waals surface area contributed by atoms with Crippen molar-refractivity contribution in [2.75, 3.05) is 5.32 Å². The number of aromatic nitrogens is 4. The molecule has 1 aromatic carbocycles. The van der Waals surface area contributed by atoms with Crippen LogP contribution in [-0.4, -0.2) is 25.7 Å². The van der Waals surface area contributed by atoms with Crippen LogP contribution in [-0.2, 0) is 4.79 Å². The van der Waals surface area contributed by atoms with E-state index in [4.69, 9.17) is 0 Å². The second-order valence-corrected chi connectivity index (χ2v) is 5.72. The molecular formula is C17H19N5O.